The number of carbonyl (C=O) groups excluding carboxylic acids is 2. The summed E-state index contributed by atoms with van der Waals surface area (Å²) in [7, 11) is 0. The molecule has 0 unspecified atom stereocenters. The predicted octanol–water partition coefficient (Wildman–Crippen LogP) is 5.31. The van der Waals surface area contributed by atoms with E-state index in [1.807, 2.05) is 0 Å². The van der Waals surface area contributed by atoms with Gasteiger partial charge in [-0.1, -0.05) is 69.3 Å². The van der Waals surface area contributed by atoms with Gasteiger partial charge in [0.15, 0.2) is 41.5 Å². The SMILES string of the molecule is C=CCOC(=O)OC[C@H]1O[C@@H](OCC)[C@H](Oc2ccc(OCC=C)c(OCC=C)c2)[C@@H](O)[C@@H]1OC(=O)Cc1ccc(OCC=C)c(OCC=C)c1. The quantitative estimate of drug-likeness (QED) is 0.118. The molecule has 1 N–H and O–H groups in total. The standard InChI is InChI=1S/C38H46O13/c1-7-17-43-28-15-13-26(22-30(28)45-19-9-3)23-33(39)51-35-32(25-48-38(41)47-21-11-5)50-37(42-12-6)36(34(35)40)49-27-14-16-29(44-18-8-2)31(24-27)46-20-10-4/h7-11,13-16,22,24,32,34-37,40H,1-5,12,17-21,23,25H2,6H3/t32-,34+,35-,36-,37-/m1/s1. The molecule has 2 aromatic rings. The van der Waals surface area contributed by atoms with Gasteiger partial charge < -0.3 is 52.5 Å². The van der Waals surface area contributed by atoms with Crippen molar-refractivity contribution in [2.24, 2.45) is 0 Å². The van der Waals surface area contributed by atoms with E-state index in [1.54, 1.807) is 67.6 Å². The molecule has 0 amide bonds. The minimum atomic E-state index is -1.53. The van der Waals surface area contributed by atoms with Crippen LogP contribution < -0.4 is 23.7 Å². The van der Waals surface area contributed by atoms with Crippen molar-refractivity contribution in [1.29, 1.82) is 0 Å². The highest BCUT2D eigenvalue weighted by atomic mass is 16.7. The molecule has 0 aliphatic carbocycles. The van der Waals surface area contributed by atoms with Gasteiger partial charge in [0.05, 0.1) is 6.42 Å². The van der Waals surface area contributed by atoms with E-state index < -0.39 is 49.4 Å². The molecule has 0 bridgehead atoms. The molecule has 13 heteroatoms. The number of esters is 1. The Kier molecular flexibility index (Phi) is 17.1. The van der Waals surface area contributed by atoms with E-state index in [0.29, 0.717) is 28.6 Å². The van der Waals surface area contributed by atoms with Crippen molar-refractivity contribution in [3.8, 4) is 28.7 Å². The van der Waals surface area contributed by atoms with E-state index in [2.05, 4.69) is 32.9 Å². The lowest BCUT2D eigenvalue weighted by Gasteiger charge is -2.43. The van der Waals surface area contributed by atoms with Gasteiger partial charge in [0.2, 0.25) is 0 Å². The molecule has 1 heterocycles. The maximum Gasteiger partial charge on any atom is 0.508 e. The lowest BCUT2D eigenvalue weighted by atomic mass is 9.98. The monoisotopic (exact) mass is 710 g/mol. The highest BCUT2D eigenvalue weighted by molar-refractivity contribution is 5.73. The van der Waals surface area contributed by atoms with Crippen LogP contribution in [0.3, 0.4) is 0 Å². The maximum absolute atomic E-state index is 13.4. The largest absolute Gasteiger partial charge is 0.508 e. The van der Waals surface area contributed by atoms with Crippen LogP contribution >= 0.6 is 0 Å². The summed E-state index contributed by atoms with van der Waals surface area (Å²) < 4.78 is 56.9. The highest BCUT2D eigenvalue weighted by Gasteiger charge is 2.50. The molecule has 1 saturated heterocycles. The third-order valence-electron chi connectivity index (χ3n) is 6.87. The van der Waals surface area contributed by atoms with Crippen molar-refractivity contribution in [2.75, 3.05) is 46.2 Å². The van der Waals surface area contributed by atoms with Gasteiger partial charge in [0.1, 0.15) is 57.6 Å². The summed E-state index contributed by atoms with van der Waals surface area (Å²) in [5.74, 6) is 1.14. The zero-order valence-corrected chi connectivity index (χ0v) is 28.8. The third-order valence-corrected chi connectivity index (χ3v) is 6.87. The number of hydrogen-bond donors (Lipinski definition) is 1. The fourth-order valence-corrected chi connectivity index (χ4v) is 4.72. The highest BCUT2D eigenvalue weighted by Crippen LogP contribution is 2.35. The zero-order chi connectivity index (χ0) is 37.0. The van der Waals surface area contributed by atoms with Crippen LogP contribution in [0.5, 0.6) is 28.7 Å². The fourth-order valence-electron chi connectivity index (χ4n) is 4.72. The van der Waals surface area contributed by atoms with Crippen LogP contribution in [-0.2, 0) is 34.9 Å². The molecule has 0 radical (unpaired) electrons. The molecule has 0 saturated carbocycles. The molecular formula is C38H46O13. The molecule has 0 spiro atoms. The van der Waals surface area contributed by atoms with E-state index in [1.165, 1.54) is 6.08 Å². The van der Waals surface area contributed by atoms with Gasteiger partial charge in [0.25, 0.3) is 0 Å². The second kappa shape index (κ2) is 21.8. The molecule has 2 aromatic carbocycles. The van der Waals surface area contributed by atoms with Crippen molar-refractivity contribution < 1.29 is 62.1 Å². The molecule has 276 valence electrons. The topological polar surface area (TPSA) is 147 Å². The fraction of sp³-hybridized carbons (Fsp3) is 0.368. The van der Waals surface area contributed by atoms with Crippen LogP contribution in [0.2, 0.25) is 0 Å². The maximum atomic E-state index is 13.4. The van der Waals surface area contributed by atoms with Crippen molar-refractivity contribution in [3.63, 3.8) is 0 Å². The summed E-state index contributed by atoms with van der Waals surface area (Å²) in [5.41, 5.74) is 0.530. The molecule has 1 aliphatic heterocycles. The summed E-state index contributed by atoms with van der Waals surface area (Å²) >= 11 is 0. The van der Waals surface area contributed by atoms with Gasteiger partial charge in [-0.3, -0.25) is 4.79 Å². The van der Waals surface area contributed by atoms with E-state index >= 15 is 0 Å². The smallest absolute Gasteiger partial charge is 0.486 e. The minimum Gasteiger partial charge on any atom is -0.486 e. The van der Waals surface area contributed by atoms with Crippen LogP contribution in [0.15, 0.2) is 99.7 Å². The Balaban J connectivity index is 1.89. The summed E-state index contributed by atoms with van der Waals surface area (Å²) in [6.07, 6.45) is -0.0332. The number of carbonyl (C=O) groups is 2. The Morgan fingerprint density at radius 3 is 1.90 bits per heavy atom. The number of hydrogen-bond acceptors (Lipinski definition) is 13. The Labute approximate surface area is 298 Å². The first-order valence-corrected chi connectivity index (χ1v) is 16.2. The van der Waals surface area contributed by atoms with E-state index in [-0.39, 0.29) is 51.8 Å². The predicted molar refractivity (Wildman–Crippen MR) is 187 cm³/mol. The van der Waals surface area contributed by atoms with Gasteiger partial charge in [-0.05, 0) is 36.8 Å². The number of rotatable bonds is 23. The summed E-state index contributed by atoms with van der Waals surface area (Å²) in [6, 6.07) is 9.78. The average Bonchev–Trinajstić information content (AvgIpc) is 3.13. The summed E-state index contributed by atoms with van der Waals surface area (Å²) in [6.45, 7) is 20.4. The Bertz CT molecular complexity index is 1470. The Morgan fingerprint density at radius 1 is 0.745 bits per heavy atom. The molecule has 1 fully saturated rings. The van der Waals surface area contributed by atoms with Gasteiger partial charge in [-0.25, -0.2) is 4.79 Å². The van der Waals surface area contributed by atoms with Crippen molar-refractivity contribution >= 4 is 12.1 Å². The molecule has 5 atom stereocenters. The third kappa shape index (κ3) is 12.5. The number of aliphatic hydroxyl groups excluding tert-OH is 1. The van der Waals surface area contributed by atoms with E-state index in [0.717, 1.165) is 0 Å². The first-order chi connectivity index (χ1) is 24.8. The normalized spacial score (nSPS) is 19.4. The van der Waals surface area contributed by atoms with Crippen LogP contribution in [0.1, 0.15) is 12.5 Å². The number of aliphatic hydroxyl groups is 1. The Morgan fingerprint density at radius 2 is 1.31 bits per heavy atom. The average molecular weight is 711 g/mol. The molecule has 0 aromatic heterocycles. The summed E-state index contributed by atoms with van der Waals surface area (Å²) in [4.78, 5) is 25.6. The molecule has 3 rings (SSSR count). The Hall–Kier alpha value is -5.24. The second-order valence-electron chi connectivity index (χ2n) is 10.7. The molecular weight excluding hydrogens is 664 g/mol. The first kappa shape index (κ1) is 40.2. The molecule has 1 aliphatic rings. The summed E-state index contributed by atoms with van der Waals surface area (Å²) in [5, 5.41) is 11.7. The van der Waals surface area contributed by atoms with Crippen molar-refractivity contribution in [1.82, 2.24) is 0 Å². The second-order valence-corrected chi connectivity index (χ2v) is 10.7. The van der Waals surface area contributed by atoms with Gasteiger partial charge in [-0.2, -0.15) is 0 Å². The lowest BCUT2D eigenvalue weighted by Crippen LogP contribution is -2.62. The van der Waals surface area contributed by atoms with Crippen LogP contribution in [0.4, 0.5) is 4.79 Å². The van der Waals surface area contributed by atoms with Crippen molar-refractivity contribution in [2.45, 2.75) is 44.1 Å². The van der Waals surface area contributed by atoms with E-state index in [9.17, 15) is 14.7 Å². The van der Waals surface area contributed by atoms with Gasteiger partial charge >= 0.3 is 12.1 Å². The van der Waals surface area contributed by atoms with Crippen LogP contribution in [0, 0.1) is 0 Å². The van der Waals surface area contributed by atoms with Gasteiger partial charge in [0, 0.05) is 12.7 Å². The first-order valence-electron chi connectivity index (χ1n) is 16.2. The van der Waals surface area contributed by atoms with Crippen LogP contribution in [0.25, 0.3) is 0 Å². The lowest BCUT2D eigenvalue weighted by molar-refractivity contribution is -0.297. The number of ether oxygens (including phenoxy) is 10. The zero-order valence-electron chi connectivity index (χ0n) is 28.8. The van der Waals surface area contributed by atoms with E-state index in [4.69, 9.17) is 47.4 Å². The van der Waals surface area contributed by atoms with Crippen molar-refractivity contribution in [3.05, 3.63) is 105 Å². The number of benzene rings is 2. The van der Waals surface area contributed by atoms with Crippen LogP contribution in [-0.4, -0.2) is 94.2 Å². The molecule has 51 heavy (non-hydrogen) atoms. The minimum absolute atomic E-state index is 0.0886. The van der Waals surface area contributed by atoms with Gasteiger partial charge in [-0.15, -0.1) is 0 Å². The molecule has 13 nitrogen and oxygen atoms in total.